The molecular formula is C44H48N4O4. The zero-order valence-electron chi connectivity index (χ0n) is 29.8. The summed E-state index contributed by atoms with van der Waals surface area (Å²) in [5.74, 6) is 2.45. The number of carbonyl (C=O) groups is 1. The maximum Gasteiger partial charge on any atom is 0.315 e. The van der Waals surface area contributed by atoms with E-state index in [1.807, 2.05) is 36.7 Å². The first-order valence-corrected chi connectivity index (χ1v) is 19.1. The molecule has 4 aromatic carbocycles. The highest BCUT2D eigenvalue weighted by Crippen LogP contribution is 2.55. The zero-order chi connectivity index (χ0) is 35.2. The molecule has 52 heavy (non-hydrogen) atoms. The molecule has 1 aromatic heterocycles. The van der Waals surface area contributed by atoms with Gasteiger partial charge in [0, 0.05) is 23.6 Å². The summed E-state index contributed by atoms with van der Waals surface area (Å²) >= 11 is 0. The highest BCUT2D eigenvalue weighted by atomic mass is 16.7. The van der Waals surface area contributed by atoms with Crippen molar-refractivity contribution >= 4 is 17.1 Å². The van der Waals surface area contributed by atoms with Crippen LogP contribution in [0.5, 0.6) is 0 Å². The molecule has 10 rings (SSSR count). The molecule has 4 bridgehead atoms. The minimum Gasteiger partial charge on any atom is -0.392 e. The van der Waals surface area contributed by atoms with E-state index >= 15 is 0 Å². The number of aromatic nitrogens is 2. The van der Waals surface area contributed by atoms with Gasteiger partial charge in [0.2, 0.25) is 0 Å². The number of urea groups is 1. The molecule has 5 aromatic rings. The fourth-order valence-corrected chi connectivity index (χ4v) is 10.1. The highest BCUT2D eigenvalue weighted by molar-refractivity contribution is 5.75. The van der Waals surface area contributed by atoms with Crippen LogP contribution >= 0.6 is 0 Å². The summed E-state index contributed by atoms with van der Waals surface area (Å²) in [6.45, 7) is 3.32. The molecule has 8 nitrogen and oxygen atoms in total. The first kappa shape index (κ1) is 33.3. The first-order chi connectivity index (χ1) is 25.4. The topological polar surface area (TPSA) is 97.6 Å². The summed E-state index contributed by atoms with van der Waals surface area (Å²) in [5, 5.41) is 16.2. The highest BCUT2D eigenvalue weighted by Gasteiger charge is 2.51. The molecule has 8 heteroatoms. The van der Waals surface area contributed by atoms with Gasteiger partial charge in [-0.25, -0.2) is 9.78 Å². The fraction of sp³-hybridized carbons (Fsp3) is 0.409. The van der Waals surface area contributed by atoms with E-state index in [-0.39, 0.29) is 36.3 Å². The Hall–Kier alpha value is -4.50. The number of hydrogen-bond acceptors (Lipinski definition) is 5. The van der Waals surface area contributed by atoms with E-state index in [0.717, 1.165) is 81.4 Å². The number of hydrogen-bond donors (Lipinski definition) is 3. The van der Waals surface area contributed by atoms with Crippen molar-refractivity contribution in [1.29, 1.82) is 0 Å². The van der Waals surface area contributed by atoms with E-state index in [0.29, 0.717) is 13.1 Å². The van der Waals surface area contributed by atoms with Crippen LogP contribution in [-0.4, -0.2) is 32.3 Å². The van der Waals surface area contributed by atoms with E-state index in [9.17, 15) is 9.90 Å². The van der Waals surface area contributed by atoms with Crippen LogP contribution in [0.1, 0.15) is 80.1 Å². The van der Waals surface area contributed by atoms with Gasteiger partial charge in [-0.3, -0.25) is 0 Å². The van der Waals surface area contributed by atoms with Crippen molar-refractivity contribution in [2.45, 2.75) is 89.2 Å². The van der Waals surface area contributed by atoms with Crippen molar-refractivity contribution < 1.29 is 19.4 Å². The smallest absolute Gasteiger partial charge is 0.315 e. The SMILES string of the molecule is C[C@@H]1[C@H](Cn2cnc3ccccc32)O[C@H](c2ccc(-c3cccc(CNC(=O)NC45CC6CC(CC(C6)C4)C5)c3)cc2)O[C@@H]1c1ccc(CO)cc1. The lowest BCUT2D eigenvalue weighted by molar-refractivity contribution is -0.276. The van der Waals surface area contributed by atoms with E-state index in [1.54, 1.807) is 0 Å². The van der Waals surface area contributed by atoms with Crippen molar-refractivity contribution in [3.05, 3.63) is 126 Å². The molecule has 0 spiro atoms. The molecule has 0 radical (unpaired) electrons. The number of imidazole rings is 1. The van der Waals surface area contributed by atoms with Gasteiger partial charge in [0.05, 0.1) is 42.7 Å². The van der Waals surface area contributed by atoms with Crippen molar-refractivity contribution in [3.63, 3.8) is 0 Å². The third kappa shape index (κ3) is 6.64. The van der Waals surface area contributed by atoms with E-state index in [4.69, 9.17) is 9.47 Å². The lowest BCUT2D eigenvalue weighted by atomic mass is 9.53. The van der Waals surface area contributed by atoms with Crippen LogP contribution in [0.2, 0.25) is 0 Å². The molecule has 3 N–H and O–H groups in total. The normalized spacial score (nSPS) is 29.3. The molecule has 4 saturated carbocycles. The molecule has 4 aliphatic carbocycles. The Morgan fingerprint density at radius 2 is 1.54 bits per heavy atom. The molecule has 5 fully saturated rings. The molecule has 2 amide bonds. The van der Waals surface area contributed by atoms with Crippen LogP contribution in [0, 0.1) is 23.7 Å². The van der Waals surface area contributed by atoms with Crippen LogP contribution in [0.15, 0.2) is 103 Å². The van der Waals surface area contributed by atoms with Gasteiger partial charge in [0.25, 0.3) is 0 Å². The number of nitrogens with one attached hydrogen (secondary N) is 2. The van der Waals surface area contributed by atoms with Gasteiger partial charge in [-0.2, -0.15) is 0 Å². The number of amides is 2. The molecule has 1 saturated heterocycles. The van der Waals surface area contributed by atoms with Gasteiger partial charge >= 0.3 is 6.03 Å². The van der Waals surface area contributed by atoms with E-state index in [2.05, 4.69) is 93.8 Å². The van der Waals surface area contributed by atoms with Crippen LogP contribution in [-0.2, 0) is 29.2 Å². The third-order valence-corrected chi connectivity index (χ3v) is 12.3. The van der Waals surface area contributed by atoms with Gasteiger partial charge in [-0.05, 0) is 102 Å². The van der Waals surface area contributed by atoms with Crippen LogP contribution in [0.3, 0.4) is 0 Å². The third-order valence-electron chi connectivity index (χ3n) is 12.3. The van der Waals surface area contributed by atoms with Crippen LogP contribution < -0.4 is 10.6 Å². The Balaban J connectivity index is 0.895. The summed E-state index contributed by atoms with van der Waals surface area (Å²) in [7, 11) is 0. The minimum absolute atomic E-state index is 0.00463. The summed E-state index contributed by atoms with van der Waals surface area (Å²) in [4.78, 5) is 17.7. The summed E-state index contributed by atoms with van der Waals surface area (Å²) in [6, 6.07) is 33.0. The molecule has 1 aliphatic heterocycles. The summed E-state index contributed by atoms with van der Waals surface area (Å²) < 4.78 is 15.7. The second-order valence-corrected chi connectivity index (χ2v) is 16.0. The van der Waals surface area contributed by atoms with Gasteiger partial charge in [0.15, 0.2) is 6.29 Å². The summed E-state index contributed by atoms with van der Waals surface area (Å²) in [6.07, 6.45) is 8.53. The van der Waals surface area contributed by atoms with Crippen molar-refractivity contribution in [3.8, 4) is 11.1 Å². The number of benzene rings is 4. The number of aliphatic hydroxyl groups is 1. The maximum absolute atomic E-state index is 13.1. The number of nitrogens with zero attached hydrogens (tertiary/aromatic N) is 2. The van der Waals surface area contributed by atoms with Crippen LogP contribution in [0.25, 0.3) is 22.2 Å². The second kappa shape index (κ2) is 13.8. The molecule has 4 atom stereocenters. The Kier molecular flexibility index (Phi) is 8.85. The largest absolute Gasteiger partial charge is 0.392 e. The lowest BCUT2D eigenvalue weighted by Gasteiger charge is -2.56. The first-order valence-electron chi connectivity index (χ1n) is 19.1. The number of para-hydroxylation sites is 2. The molecular weight excluding hydrogens is 649 g/mol. The Bertz CT molecular complexity index is 2000. The number of carbonyl (C=O) groups excluding carboxylic acids is 1. The predicted octanol–water partition coefficient (Wildman–Crippen LogP) is 8.46. The number of rotatable bonds is 9. The van der Waals surface area contributed by atoms with E-state index in [1.165, 1.54) is 19.3 Å². The molecule has 268 valence electrons. The molecule has 5 aliphatic rings. The average Bonchev–Trinajstić information content (AvgIpc) is 3.57. The number of ether oxygens (including phenoxy) is 2. The monoisotopic (exact) mass is 696 g/mol. The summed E-state index contributed by atoms with van der Waals surface area (Å²) in [5.41, 5.74) is 8.19. The Morgan fingerprint density at radius 3 is 2.27 bits per heavy atom. The van der Waals surface area contributed by atoms with Crippen molar-refractivity contribution in [2.75, 3.05) is 0 Å². The second-order valence-electron chi connectivity index (χ2n) is 16.0. The van der Waals surface area contributed by atoms with Crippen molar-refractivity contribution in [1.82, 2.24) is 20.2 Å². The van der Waals surface area contributed by atoms with Gasteiger partial charge in [0.1, 0.15) is 0 Å². The number of fused-ring (bicyclic) bond motifs is 1. The minimum atomic E-state index is -0.560. The predicted molar refractivity (Wildman–Crippen MR) is 201 cm³/mol. The molecule has 2 heterocycles. The standard InChI is InChI=1S/C44H48N4O4/c1-28-40(25-48-27-46-38-7-2-3-8-39(38)48)51-42(52-41(28)35-11-9-29(26-49)10-12-35)36-15-13-34(14-16-36)37-6-4-5-30(20-37)24-45-43(50)47-44-21-31-17-32(22-44)19-33(18-31)23-44/h2-16,20,27-28,31-33,40-42,49H,17-19,21-26H2,1H3,(H2,45,47,50)/t28-,31?,32?,33?,40+,41+,42+,44?/m1/s1. The van der Waals surface area contributed by atoms with Crippen LogP contribution in [0.4, 0.5) is 4.79 Å². The maximum atomic E-state index is 13.1. The molecule has 0 unspecified atom stereocenters. The van der Waals surface area contributed by atoms with Crippen molar-refractivity contribution in [2.24, 2.45) is 23.7 Å². The van der Waals surface area contributed by atoms with Gasteiger partial charge in [-0.1, -0.05) is 85.8 Å². The zero-order valence-corrected chi connectivity index (χ0v) is 29.8. The van der Waals surface area contributed by atoms with Gasteiger partial charge in [-0.15, -0.1) is 0 Å². The van der Waals surface area contributed by atoms with Gasteiger partial charge < -0.3 is 29.8 Å². The number of aliphatic hydroxyl groups excluding tert-OH is 1. The average molecular weight is 697 g/mol. The Morgan fingerprint density at radius 1 is 0.827 bits per heavy atom. The lowest BCUT2D eigenvalue weighted by Crippen LogP contribution is -2.61. The quantitative estimate of drug-likeness (QED) is 0.144. The fourth-order valence-electron chi connectivity index (χ4n) is 10.1. The van der Waals surface area contributed by atoms with E-state index < -0.39 is 6.29 Å². The Labute approximate surface area is 305 Å².